The summed E-state index contributed by atoms with van der Waals surface area (Å²) in [5.41, 5.74) is 12.4. The van der Waals surface area contributed by atoms with E-state index in [2.05, 4.69) is 65.3 Å². The molecule has 3 aromatic rings. The highest BCUT2D eigenvalue weighted by Gasteiger charge is 2.08. The number of benzene rings is 2. The number of hydrogen-bond donors (Lipinski definition) is 4. The molecular weight excluding hydrogens is 358 g/mol. The highest BCUT2D eigenvalue weighted by molar-refractivity contribution is 5.80. The number of aromatic nitrogens is 1. The Bertz CT molecular complexity index is 964. The predicted molar refractivity (Wildman–Crippen MR) is 123 cm³/mol. The van der Waals surface area contributed by atoms with Crippen LogP contribution in [0, 0.1) is 0 Å². The molecule has 1 atom stereocenters. The first-order valence-electron chi connectivity index (χ1n) is 9.52. The lowest BCUT2D eigenvalue weighted by Crippen LogP contribution is -2.22. The lowest BCUT2D eigenvalue weighted by atomic mass is 10.0. The molecule has 5 heteroatoms. The Morgan fingerprint density at radius 3 is 2.48 bits per heavy atom. The molecule has 0 aliphatic carbocycles. The smallest absolute Gasteiger partial charge is 0.0617 e. The molecule has 5 nitrogen and oxygen atoms in total. The van der Waals surface area contributed by atoms with Gasteiger partial charge in [-0.3, -0.25) is 4.98 Å². The maximum Gasteiger partial charge on any atom is 0.0617 e. The summed E-state index contributed by atoms with van der Waals surface area (Å²) in [5.74, 6) is 0. The third-order valence-electron chi connectivity index (χ3n) is 4.59. The van der Waals surface area contributed by atoms with E-state index in [-0.39, 0.29) is 6.04 Å². The first kappa shape index (κ1) is 20.0. The Hall–Kier alpha value is -3.73. The molecular formula is C24H27N5. The fourth-order valence-corrected chi connectivity index (χ4v) is 2.94. The number of pyridine rings is 1. The number of nitrogen functional groups attached to an aromatic ring is 1. The van der Waals surface area contributed by atoms with E-state index in [0.29, 0.717) is 12.2 Å². The van der Waals surface area contributed by atoms with Gasteiger partial charge in [0.15, 0.2) is 0 Å². The maximum absolute atomic E-state index is 5.99. The number of nitrogens with one attached hydrogen (secondary N) is 3. The van der Waals surface area contributed by atoms with Crippen molar-refractivity contribution in [3.8, 4) is 0 Å². The van der Waals surface area contributed by atoms with Crippen molar-refractivity contribution >= 4 is 22.8 Å². The summed E-state index contributed by atoms with van der Waals surface area (Å²) < 4.78 is 0. The van der Waals surface area contributed by atoms with E-state index < -0.39 is 0 Å². The van der Waals surface area contributed by atoms with Crippen LogP contribution in [-0.4, -0.2) is 11.5 Å². The first-order valence-corrected chi connectivity index (χ1v) is 9.52. The predicted octanol–water partition coefficient (Wildman–Crippen LogP) is 5.02. The highest BCUT2D eigenvalue weighted by atomic mass is 15.0. The van der Waals surface area contributed by atoms with Crippen molar-refractivity contribution < 1.29 is 0 Å². The summed E-state index contributed by atoms with van der Waals surface area (Å²) in [6, 6.07) is 20.0. The van der Waals surface area contributed by atoms with Crippen LogP contribution in [0.4, 0.5) is 17.1 Å². The Morgan fingerprint density at radius 1 is 1.03 bits per heavy atom. The summed E-state index contributed by atoms with van der Waals surface area (Å²) >= 11 is 0. The quantitative estimate of drug-likeness (QED) is 0.389. The normalized spacial score (nSPS) is 11.3. The minimum absolute atomic E-state index is 0.137. The molecule has 0 amide bonds. The number of nitrogens with zero attached hydrogens (tertiary/aromatic N) is 1. The van der Waals surface area contributed by atoms with E-state index in [1.54, 1.807) is 12.4 Å². The van der Waals surface area contributed by atoms with Crippen LogP contribution < -0.4 is 21.7 Å². The fourth-order valence-electron chi connectivity index (χ4n) is 2.94. The van der Waals surface area contributed by atoms with Gasteiger partial charge in [-0.25, -0.2) is 0 Å². The second kappa shape index (κ2) is 9.46. The maximum atomic E-state index is 5.99. The van der Waals surface area contributed by atoms with Crippen molar-refractivity contribution in [2.75, 3.05) is 22.9 Å². The minimum atomic E-state index is 0.137. The molecule has 0 aliphatic heterocycles. The van der Waals surface area contributed by atoms with Gasteiger partial charge in [-0.15, -0.1) is 0 Å². The van der Waals surface area contributed by atoms with E-state index in [9.17, 15) is 0 Å². The summed E-state index contributed by atoms with van der Waals surface area (Å²) in [4.78, 5) is 4.09. The lowest BCUT2D eigenvalue weighted by Gasteiger charge is -2.19. The fraction of sp³-hybridized carbons (Fsp3) is 0.125. The molecule has 0 aliphatic rings. The van der Waals surface area contributed by atoms with Crippen LogP contribution in [0.15, 0.2) is 91.9 Å². The van der Waals surface area contributed by atoms with Crippen LogP contribution in [0.2, 0.25) is 0 Å². The summed E-state index contributed by atoms with van der Waals surface area (Å²) in [7, 11) is 0. The molecule has 1 unspecified atom stereocenters. The van der Waals surface area contributed by atoms with Gasteiger partial charge >= 0.3 is 0 Å². The second-order valence-corrected chi connectivity index (χ2v) is 6.88. The third-order valence-corrected chi connectivity index (χ3v) is 4.59. The highest BCUT2D eigenvalue weighted by Crippen LogP contribution is 2.23. The minimum Gasteiger partial charge on any atom is -0.397 e. The van der Waals surface area contributed by atoms with Crippen molar-refractivity contribution in [1.82, 2.24) is 10.3 Å². The van der Waals surface area contributed by atoms with Gasteiger partial charge in [0.1, 0.15) is 0 Å². The first-order chi connectivity index (χ1) is 14.0. The number of nitrogens with two attached hydrogens (primary N) is 1. The molecule has 0 radical (unpaired) electrons. The molecule has 0 saturated heterocycles. The Morgan fingerprint density at radius 2 is 1.79 bits per heavy atom. The monoisotopic (exact) mass is 385 g/mol. The molecule has 2 aromatic carbocycles. The summed E-state index contributed by atoms with van der Waals surface area (Å²) in [5, 5.41) is 10.0. The van der Waals surface area contributed by atoms with Gasteiger partial charge in [0, 0.05) is 29.8 Å². The number of hydrogen-bond acceptors (Lipinski definition) is 5. The Balaban J connectivity index is 1.54. The average molecular weight is 386 g/mol. The summed E-state index contributed by atoms with van der Waals surface area (Å²) in [6.45, 7) is 11.0. The van der Waals surface area contributed by atoms with Gasteiger partial charge in [0.2, 0.25) is 0 Å². The van der Waals surface area contributed by atoms with Gasteiger partial charge in [-0.1, -0.05) is 49.6 Å². The molecule has 3 rings (SSSR count). The van der Waals surface area contributed by atoms with Gasteiger partial charge in [0.05, 0.1) is 23.6 Å². The molecule has 0 spiro atoms. The van der Waals surface area contributed by atoms with Crippen molar-refractivity contribution in [3.05, 3.63) is 103 Å². The molecule has 1 aromatic heterocycles. The van der Waals surface area contributed by atoms with E-state index >= 15 is 0 Å². The van der Waals surface area contributed by atoms with E-state index in [4.69, 9.17) is 5.73 Å². The Kier molecular flexibility index (Phi) is 6.53. The van der Waals surface area contributed by atoms with Gasteiger partial charge < -0.3 is 21.7 Å². The lowest BCUT2D eigenvalue weighted by molar-refractivity contribution is 0.649. The molecule has 29 heavy (non-hydrogen) atoms. The molecule has 0 fully saturated rings. The third kappa shape index (κ3) is 5.62. The zero-order chi connectivity index (χ0) is 20.6. The molecule has 0 saturated carbocycles. The van der Waals surface area contributed by atoms with E-state index in [1.165, 1.54) is 5.56 Å². The molecule has 5 N–H and O–H groups in total. The van der Waals surface area contributed by atoms with E-state index in [0.717, 1.165) is 28.3 Å². The van der Waals surface area contributed by atoms with Crippen LogP contribution >= 0.6 is 0 Å². The summed E-state index contributed by atoms with van der Waals surface area (Å²) in [6.07, 6.45) is 3.54. The number of anilines is 3. The van der Waals surface area contributed by atoms with Crippen LogP contribution in [0.1, 0.15) is 24.1 Å². The van der Waals surface area contributed by atoms with Gasteiger partial charge in [0.25, 0.3) is 0 Å². The van der Waals surface area contributed by atoms with Crippen molar-refractivity contribution in [1.29, 1.82) is 0 Å². The van der Waals surface area contributed by atoms with Gasteiger partial charge in [-0.2, -0.15) is 0 Å². The zero-order valence-electron chi connectivity index (χ0n) is 16.7. The van der Waals surface area contributed by atoms with Gasteiger partial charge in [-0.05, 0) is 42.3 Å². The second-order valence-electron chi connectivity index (χ2n) is 6.88. The average Bonchev–Trinajstić information content (AvgIpc) is 2.74. The number of rotatable bonds is 9. The Labute approximate surface area is 172 Å². The van der Waals surface area contributed by atoms with Crippen molar-refractivity contribution in [2.45, 2.75) is 13.0 Å². The van der Waals surface area contributed by atoms with Crippen LogP contribution in [0.25, 0.3) is 5.70 Å². The largest absolute Gasteiger partial charge is 0.397 e. The van der Waals surface area contributed by atoms with E-state index in [1.807, 2.05) is 36.4 Å². The topological polar surface area (TPSA) is 75.0 Å². The van der Waals surface area contributed by atoms with Crippen molar-refractivity contribution in [3.63, 3.8) is 0 Å². The number of para-hydroxylation sites is 2. The SMILES string of the molecule is C=C(CNc1cccnc1)NC(C)c1ccc(C(=C)Nc2ccccc2N)cc1. The zero-order valence-corrected chi connectivity index (χ0v) is 16.7. The van der Waals surface area contributed by atoms with Crippen LogP contribution in [0.5, 0.6) is 0 Å². The molecule has 0 bridgehead atoms. The van der Waals surface area contributed by atoms with Crippen LogP contribution in [0.3, 0.4) is 0 Å². The standard InChI is InChI=1S/C24H27N5/c1-17(15-27-22-7-6-14-26-16-22)28-18(2)20-10-12-21(13-11-20)19(3)29-24-9-5-4-8-23(24)25/h4-14,16,18,27-29H,1,3,15,25H2,2H3. The molecule has 148 valence electrons. The molecule has 1 heterocycles. The van der Waals surface area contributed by atoms with Crippen LogP contribution in [-0.2, 0) is 0 Å². The van der Waals surface area contributed by atoms with Crippen molar-refractivity contribution in [2.24, 2.45) is 0 Å².